The Morgan fingerprint density at radius 3 is 2.71 bits per heavy atom. The lowest BCUT2D eigenvalue weighted by molar-refractivity contribution is -0.390. The van der Waals surface area contributed by atoms with E-state index in [0.717, 1.165) is 5.69 Å². The molecular weight excluding hydrogens is 332 g/mol. The molecule has 0 saturated carbocycles. The van der Waals surface area contributed by atoms with E-state index in [9.17, 15) is 10.1 Å². The van der Waals surface area contributed by atoms with Crippen molar-refractivity contribution in [3.05, 3.63) is 75.2 Å². The van der Waals surface area contributed by atoms with Gasteiger partial charge in [0.1, 0.15) is 18.0 Å². The molecule has 0 N–H and O–H groups in total. The van der Waals surface area contributed by atoms with Crippen molar-refractivity contribution in [2.24, 2.45) is 0 Å². The van der Waals surface area contributed by atoms with Crippen molar-refractivity contribution in [1.82, 2.24) is 14.8 Å². The molecule has 1 aromatic carbocycles. The Balaban J connectivity index is 1.87. The Morgan fingerprint density at radius 2 is 2.00 bits per heavy atom. The number of hydrogen-bond acceptors (Lipinski definition) is 5. The first-order valence-corrected chi connectivity index (χ1v) is 7.47. The van der Waals surface area contributed by atoms with Crippen LogP contribution in [0.4, 0.5) is 5.82 Å². The van der Waals surface area contributed by atoms with Gasteiger partial charge in [0.25, 0.3) is 0 Å². The van der Waals surface area contributed by atoms with E-state index in [4.69, 9.17) is 16.3 Å². The summed E-state index contributed by atoms with van der Waals surface area (Å²) in [5.74, 6) is -0.243. The molecule has 0 aliphatic carbocycles. The van der Waals surface area contributed by atoms with Crippen LogP contribution in [0.15, 0.2) is 48.7 Å². The molecule has 3 aromatic rings. The lowest BCUT2D eigenvalue weighted by atomic mass is 10.3. The Labute approximate surface area is 142 Å². The second-order valence-corrected chi connectivity index (χ2v) is 5.33. The minimum absolute atomic E-state index is 0.0596. The van der Waals surface area contributed by atoms with Crippen molar-refractivity contribution in [1.29, 1.82) is 0 Å². The minimum Gasteiger partial charge on any atom is -0.481 e. The van der Waals surface area contributed by atoms with Crippen LogP contribution in [0.25, 0.3) is 5.69 Å². The summed E-state index contributed by atoms with van der Waals surface area (Å²) in [6, 6.07) is 12.5. The highest BCUT2D eigenvalue weighted by atomic mass is 35.5. The molecule has 0 aliphatic heterocycles. The van der Waals surface area contributed by atoms with Crippen LogP contribution in [0.5, 0.6) is 5.75 Å². The van der Waals surface area contributed by atoms with Gasteiger partial charge in [0.15, 0.2) is 0 Å². The van der Waals surface area contributed by atoms with Gasteiger partial charge < -0.3 is 14.9 Å². The zero-order valence-corrected chi connectivity index (χ0v) is 13.5. The van der Waals surface area contributed by atoms with Crippen LogP contribution in [-0.4, -0.2) is 19.7 Å². The standard InChI is InChI=1S/C16H13ClN4O3/c1-11-13(10-24-14-8-5-9-18-16(14)21(22)23)15(17)20(19-11)12-6-3-2-4-7-12/h2-9H,10H2,1H3. The van der Waals surface area contributed by atoms with Crippen molar-refractivity contribution in [2.45, 2.75) is 13.5 Å². The predicted octanol–water partition coefficient (Wildman–Crippen LogP) is 3.72. The SMILES string of the molecule is Cc1nn(-c2ccccc2)c(Cl)c1COc1cccnc1[N+](=O)[O-]. The molecule has 2 heterocycles. The van der Waals surface area contributed by atoms with Gasteiger partial charge in [-0.05, 0) is 41.1 Å². The minimum atomic E-state index is -0.586. The Morgan fingerprint density at radius 1 is 1.25 bits per heavy atom. The van der Waals surface area contributed by atoms with E-state index in [2.05, 4.69) is 10.1 Å². The van der Waals surface area contributed by atoms with Gasteiger partial charge in [0, 0.05) is 5.56 Å². The van der Waals surface area contributed by atoms with Crippen molar-refractivity contribution in [3.8, 4) is 11.4 Å². The molecule has 8 heteroatoms. The molecule has 0 fully saturated rings. The van der Waals surface area contributed by atoms with Crippen molar-refractivity contribution in [3.63, 3.8) is 0 Å². The number of aromatic nitrogens is 3. The molecule has 3 rings (SSSR count). The molecule has 7 nitrogen and oxygen atoms in total. The molecule has 0 aliphatic rings. The molecule has 0 saturated heterocycles. The molecule has 24 heavy (non-hydrogen) atoms. The second-order valence-electron chi connectivity index (χ2n) is 4.97. The second kappa shape index (κ2) is 6.67. The smallest absolute Gasteiger partial charge is 0.406 e. The normalized spacial score (nSPS) is 10.6. The summed E-state index contributed by atoms with van der Waals surface area (Å²) >= 11 is 6.40. The fourth-order valence-corrected chi connectivity index (χ4v) is 2.54. The number of benzene rings is 1. The monoisotopic (exact) mass is 344 g/mol. The van der Waals surface area contributed by atoms with Gasteiger partial charge in [-0.25, -0.2) is 4.68 Å². The maximum atomic E-state index is 11.0. The van der Waals surface area contributed by atoms with Crippen molar-refractivity contribution < 1.29 is 9.66 Å². The van der Waals surface area contributed by atoms with Gasteiger partial charge in [0.2, 0.25) is 5.75 Å². The number of nitro groups is 1. The number of ether oxygens (including phenoxy) is 1. The number of nitrogens with zero attached hydrogens (tertiary/aromatic N) is 4. The first-order chi connectivity index (χ1) is 11.6. The summed E-state index contributed by atoms with van der Waals surface area (Å²) in [5, 5.41) is 15.8. The van der Waals surface area contributed by atoms with E-state index in [1.165, 1.54) is 12.3 Å². The third-order valence-electron chi connectivity index (χ3n) is 3.42. The zero-order chi connectivity index (χ0) is 17.1. The van der Waals surface area contributed by atoms with Gasteiger partial charge in [-0.15, -0.1) is 0 Å². The number of aryl methyl sites for hydroxylation is 1. The van der Waals surface area contributed by atoms with Gasteiger partial charge in [-0.1, -0.05) is 29.8 Å². The number of pyridine rings is 1. The summed E-state index contributed by atoms with van der Waals surface area (Å²) in [6.45, 7) is 1.87. The van der Waals surface area contributed by atoms with Gasteiger partial charge in [-0.2, -0.15) is 5.10 Å². The van der Waals surface area contributed by atoms with E-state index in [-0.39, 0.29) is 18.2 Å². The van der Waals surface area contributed by atoms with Crippen molar-refractivity contribution >= 4 is 17.4 Å². The molecule has 0 spiro atoms. The number of para-hydroxylation sites is 1. The Kier molecular flexibility index (Phi) is 4.43. The first-order valence-electron chi connectivity index (χ1n) is 7.09. The van der Waals surface area contributed by atoms with Gasteiger partial charge in [0.05, 0.1) is 11.4 Å². The van der Waals surface area contributed by atoms with Gasteiger partial charge in [-0.3, -0.25) is 0 Å². The molecule has 2 aromatic heterocycles. The van der Waals surface area contributed by atoms with E-state index < -0.39 is 4.92 Å². The maximum Gasteiger partial charge on any atom is 0.406 e. The predicted molar refractivity (Wildman–Crippen MR) is 88.5 cm³/mol. The summed E-state index contributed by atoms with van der Waals surface area (Å²) in [5.41, 5.74) is 2.18. The van der Waals surface area contributed by atoms with E-state index in [1.54, 1.807) is 10.7 Å². The third-order valence-corrected chi connectivity index (χ3v) is 3.81. The van der Waals surface area contributed by atoms with E-state index >= 15 is 0 Å². The maximum absolute atomic E-state index is 11.0. The quantitative estimate of drug-likeness (QED) is 0.520. The van der Waals surface area contributed by atoms with Crippen LogP contribution in [0.2, 0.25) is 5.15 Å². The molecule has 0 atom stereocenters. The number of hydrogen-bond donors (Lipinski definition) is 0. The summed E-state index contributed by atoms with van der Waals surface area (Å²) in [7, 11) is 0. The molecule has 0 amide bonds. The first kappa shape index (κ1) is 15.9. The molecule has 122 valence electrons. The Hall–Kier alpha value is -2.93. The fraction of sp³-hybridized carbons (Fsp3) is 0.125. The number of rotatable bonds is 5. The van der Waals surface area contributed by atoms with Crippen LogP contribution in [0.1, 0.15) is 11.3 Å². The van der Waals surface area contributed by atoms with E-state index in [0.29, 0.717) is 16.4 Å². The zero-order valence-electron chi connectivity index (χ0n) is 12.7. The molecule has 0 bridgehead atoms. The van der Waals surface area contributed by atoms with Crippen LogP contribution < -0.4 is 4.74 Å². The summed E-state index contributed by atoms with van der Waals surface area (Å²) in [6.07, 6.45) is 1.34. The molecular formula is C16H13ClN4O3. The van der Waals surface area contributed by atoms with Crippen molar-refractivity contribution in [2.75, 3.05) is 0 Å². The highest BCUT2D eigenvalue weighted by molar-refractivity contribution is 6.30. The third kappa shape index (κ3) is 3.07. The van der Waals surface area contributed by atoms with E-state index in [1.807, 2.05) is 37.3 Å². The largest absolute Gasteiger partial charge is 0.481 e. The highest BCUT2D eigenvalue weighted by Gasteiger charge is 2.19. The average molecular weight is 345 g/mol. The lowest BCUT2D eigenvalue weighted by Crippen LogP contribution is -2.01. The molecule has 0 unspecified atom stereocenters. The highest BCUT2D eigenvalue weighted by Crippen LogP contribution is 2.28. The lowest BCUT2D eigenvalue weighted by Gasteiger charge is -2.06. The summed E-state index contributed by atoms with van der Waals surface area (Å²) in [4.78, 5) is 14.1. The van der Waals surface area contributed by atoms with Crippen LogP contribution in [0, 0.1) is 17.0 Å². The van der Waals surface area contributed by atoms with Crippen LogP contribution >= 0.6 is 11.6 Å². The van der Waals surface area contributed by atoms with Gasteiger partial charge >= 0.3 is 5.82 Å². The van der Waals surface area contributed by atoms with Crippen LogP contribution in [-0.2, 0) is 6.61 Å². The fourth-order valence-electron chi connectivity index (χ4n) is 2.22. The topological polar surface area (TPSA) is 83.1 Å². The number of halogens is 1. The average Bonchev–Trinajstić information content (AvgIpc) is 2.88. The van der Waals surface area contributed by atoms with Crippen LogP contribution in [0.3, 0.4) is 0 Å². The Bertz CT molecular complexity index is 880. The molecule has 0 radical (unpaired) electrons. The summed E-state index contributed by atoms with van der Waals surface area (Å²) < 4.78 is 7.16.